The van der Waals surface area contributed by atoms with Gasteiger partial charge >= 0.3 is 6.18 Å². The minimum Gasteiger partial charge on any atom is -0.383 e. The molecule has 1 rings (SSSR count). The molecule has 0 spiro atoms. The maximum absolute atomic E-state index is 12.0. The number of anilines is 1. The summed E-state index contributed by atoms with van der Waals surface area (Å²) in [5.74, 6) is 0. The molecule has 0 aromatic carbocycles. The molecular formula is C11H16F3N3. The van der Waals surface area contributed by atoms with E-state index in [4.69, 9.17) is 0 Å². The minimum absolute atomic E-state index is 0.478. The molecule has 0 saturated carbocycles. The van der Waals surface area contributed by atoms with Gasteiger partial charge in [-0.15, -0.1) is 0 Å². The first kappa shape index (κ1) is 13.8. The summed E-state index contributed by atoms with van der Waals surface area (Å²) in [6, 6.07) is 3.08. The molecule has 17 heavy (non-hydrogen) atoms. The van der Waals surface area contributed by atoms with Crippen LogP contribution in [-0.4, -0.2) is 30.3 Å². The molecule has 0 unspecified atom stereocenters. The molecule has 0 fully saturated rings. The number of nitrogens with zero attached hydrogens (tertiary/aromatic N) is 1. The lowest BCUT2D eigenvalue weighted by Gasteiger charge is -2.16. The summed E-state index contributed by atoms with van der Waals surface area (Å²) in [5.41, 5.74) is 0.859. The first-order valence-corrected chi connectivity index (χ1v) is 5.41. The average molecular weight is 247 g/mol. The summed E-state index contributed by atoms with van der Waals surface area (Å²) in [6.07, 6.45) is -1.59. The third-order valence-electron chi connectivity index (χ3n) is 2.15. The number of hydrogen-bond donors (Lipinski definition) is 2. The number of nitrogens with one attached hydrogen (secondary N) is 2. The van der Waals surface area contributed by atoms with Gasteiger partial charge in [0, 0.05) is 31.5 Å². The van der Waals surface area contributed by atoms with Crippen LogP contribution in [0.5, 0.6) is 0 Å². The number of halogens is 3. The van der Waals surface area contributed by atoms with Gasteiger partial charge in [0.25, 0.3) is 0 Å². The standard InChI is InChI=1S/C11H16F3N3/c1-9(7-11(12,13)14)16-5-6-17-10-3-2-4-15-8-10/h2-4,8-9,16-17H,5-7H2,1H3/t9-/m1/s1. The van der Waals surface area contributed by atoms with Crippen LogP contribution in [0.4, 0.5) is 18.9 Å². The lowest BCUT2D eigenvalue weighted by molar-refractivity contribution is -0.138. The Balaban J connectivity index is 2.12. The van der Waals surface area contributed by atoms with E-state index in [1.54, 1.807) is 18.5 Å². The van der Waals surface area contributed by atoms with Crippen molar-refractivity contribution >= 4 is 5.69 Å². The van der Waals surface area contributed by atoms with Gasteiger partial charge in [-0.05, 0) is 19.1 Å². The fraction of sp³-hybridized carbons (Fsp3) is 0.545. The Morgan fingerprint density at radius 1 is 1.35 bits per heavy atom. The molecule has 1 aromatic heterocycles. The van der Waals surface area contributed by atoms with Crippen LogP contribution in [-0.2, 0) is 0 Å². The molecule has 0 amide bonds. The number of alkyl halides is 3. The third kappa shape index (κ3) is 6.78. The van der Waals surface area contributed by atoms with Gasteiger partial charge in [-0.1, -0.05) is 0 Å². The predicted octanol–water partition coefficient (Wildman–Crippen LogP) is 2.42. The van der Waals surface area contributed by atoms with E-state index in [9.17, 15) is 13.2 Å². The quantitative estimate of drug-likeness (QED) is 0.758. The minimum atomic E-state index is -4.11. The molecule has 0 aliphatic carbocycles. The Morgan fingerprint density at radius 2 is 2.12 bits per heavy atom. The van der Waals surface area contributed by atoms with Gasteiger partial charge in [0.1, 0.15) is 0 Å². The summed E-state index contributed by atoms with van der Waals surface area (Å²) >= 11 is 0. The second kappa shape index (κ2) is 6.44. The van der Waals surface area contributed by atoms with Gasteiger partial charge in [-0.2, -0.15) is 13.2 Å². The second-order valence-corrected chi connectivity index (χ2v) is 3.84. The fourth-order valence-corrected chi connectivity index (χ4v) is 1.41. The van der Waals surface area contributed by atoms with E-state index in [1.165, 1.54) is 6.92 Å². The molecule has 3 nitrogen and oxygen atoms in total. The van der Waals surface area contributed by atoms with E-state index in [0.29, 0.717) is 13.1 Å². The van der Waals surface area contributed by atoms with Crippen LogP contribution in [0.25, 0.3) is 0 Å². The summed E-state index contributed by atoms with van der Waals surface area (Å²) in [7, 11) is 0. The molecule has 2 N–H and O–H groups in total. The zero-order valence-electron chi connectivity index (χ0n) is 9.59. The second-order valence-electron chi connectivity index (χ2n) is 3.84. The Morgan fingerprint density at radius 3 is 2.71 bits per heavy atom. The molecule has 1 aromatic rings. The van der Waals surface area contributed by atoms with E-state index in [0.717, 1.165) is 5.69 Å². The number of rotatable bonds is 6. The van der Waals surface area contributed by atoms with Gasteiger partial charge in [0.05, 0.1) is 12.1 Å². The molecule has 0 radical (unpaired) electrons. The summed E-state index contributed by atoms with van der Waals surface area (Å²) in [6.45, 7) is 2.57. The van der Waals surface area contributed by atoms with Crippen molar-refractivity contribution in [2.75, 3.05) is 18.4 Å². The maximum Gasteiger partial charge on any atom is 0.390 e. The fourth-order valence-electron chi connectivity index (χ4n) is 1.41. The molecule has 1 heterocycles. The van der Waals surface area contributed by atoms with Crippen molar-refractivity contribution < 1.29 is 13.2 Å². The molecular weight excluding hydrogens is 231 g/mol. The SMILES string of the molecule is C[C@H](CC(F)(F)F)NCCNc1cccnc1. The summed E-state index contributed by atoms with van der Waals surface area (Å²) < 4.78 is 36.0. The van der Waals surface area contributed by atoms with Crippen LogP contribution in [0.3, 0.4) is 0 Å². The average Bonchev–Trinajstić information content (AvgIpc) is 2.23. The highest BCUT2D eigenvalue weighted by molar-refractivity contribution is 5.39. The third-order valence-corrected chi connectivity index (χ3v) is 2.15. The van der Waals surface area contributed by atoms with Crippen LogP contribution >= 0.6 is 0 Å². The Hall–Kier alpha value is -1.30. The van der Waals surface area contributed by atoms with E-state index in [-0.39, 0.29) is 0 Å². The molecule has 0 bridgehead atoms. The van der Waals surface area contributed by atoms with Gasteiger partial charge in [-0.3, -0.25) is 4.98 Å². The van der Waals surface area contributed by atoms with Crippen molar-refractivity contribution in [1.29, 1.82) is 0 Å². The first-order chi connectivity index (χ1) is 7.97. The maximum atomic E-state index is 12.0. The van der Waals surface area contributed by atoms with E-state index >= 15 is 0 Å². The van der Waals surface area contributed by atoms with Gasteiger partial charge in [0.2, 0.25) is 0 Å². The zero-order valence-corrected chi connectivity index (χ0v) is 9.59. The van der Waals surface area contributed by atoms with Gasteiger partial charge in [0.15, 0.2) is 0 Å². The lowest BCUT2D eigenvalue weighted by atomic mass is 10.2. The van der Waals surface area contributed by atoms with Crippen molar-refractivity contribution in [2.24, 2.45) is 0 Å². The highest BCUT2D eigenvalue weighted by Crippen LogP contribution is 2.21. The number of aromatic nitrogens is 1. The Kier molecular flexibility index (Phi) is 5.21. The van der Waals surface area contributed by atoms with Crippen LogP contribution in [0.1, 0.15) is 13.3 Å². The van der Waals surface area contributed by atoms with Crippen molar-refractivity contribution in [3.8, 4) is 0 Å². The molecule has 0 aliphatic heterocycles. The first-order valence-electron chi connectivity index (χ1n) is 5.41. The Labute approximate surface area is 98.4 Å². The molecule has 6 heteroatoms. The van der Waals surface area contributed by atoms with E-state index in [1.807, 2.05) is 6.07 Å². The summed E-state index contributed by atoms with van der Waals surface area (Å²) in [4.78, 5) is 3.92. The molecule has 1 atom stereocenters. The molecule has 0 aliphatic rings. The van der Waals surface area contributed by atoms with Crippen molar-refractivity contribution in [3.63, 3.8) is 0 Å². The van der Waals surface area contributed by atoms with E-state index in [2.05, 4.69) is 15.6 Å². The monoisotopic (exact) mass is 247 g/mol. The van der Waals surface area contributed by atoms with Crippen LogP contribution in [0.2, 0.25) is 0 Å². The molecule has 0 saturated heterocycles. The number of hydrogen-bond acceptors (Lipinski definition) is 3. The number of pyridine rings is 1. The normalized spacial score (nSPS) is 13.4. The van der Waals surface area contributed by atoms with Crippen molar-refractivity contribution in [2.45, 2.75) is 25.6 Å². The van der Waals surface area contributed by atoms with Crippen molar-refractivity contribution in [1.82, 2.24) is 10.3 Å². The topological polar surface area (TPSA) is 37.0 Å². The highest BCUT2D eigenvalue weighted by Gasteiger charge is 2.29. The van der Waals surface area contributed by atoms with Crippen LogP contribution in [0.15, 0.2) is 24.5 Å². The Bertz CT molecular complexity index is 313. The van der Waals surface area contributed by atoms with Crippen LogP contribution < -0.4 is 10.6 Å². The predicted molar refractivity (Wildman–Crippen MR) is 60.9 cm³/mol. The highest BCUT2D eigenvalue weighted by atomic mass is 19.4. The summed E-state index contributed by atoms with van der Waals surface area (Å²) in [5, 5.41) is 5.86. The smallest absolute Gasteiger partial charge is 0.383 e. The largest absolute Gasteiger partial charge is 0.390 e. The van der Waals surface area contributed by atoms with Crippen LogP contribution in [0, 0.1) is 0 Å². The van der Waals surface area contributed by atoms with Gasteiger partial charge in [-0.25, -0.2) is 0 Å². The lowest BCUT2D eigenvalue weighted by Crippen LogP contribution is -2.34. The van der Waals surface area contributed by atoms with Gasteiger partial charge < -0.3 is 10.6 Å². The zero-order chi connectivity index (χ0) is 12.7. The molecule has 96 valence electrons. The van der Waals surface area contributed by atoms with Crippen molar-refractivity contribution in [3.05, 3.63) is 24.5 Å². The van der Waals surface area contributed by atoms with E-state index < -0.39 is 18.6 Å².